The van der Waals surface area contributed by atoms with Gasteiger partial charge in [-0.15, -0.1) is 0 Å². The lowest BCUT2D eigenvalue weighted by molar-refractivity contribution is 0.0943. The van der Waals surface area contributed by atoms with Crippen molar-refractivity contribution in [1.82, 2.24) is 10.2 Å². The van der Waals surface area contributed by atoms with Gasteiger partial charge in [-0.2, -0.15) is 0 Å². The molecule has 6 nitrogen and oxygen atoms in total. The van der Waals surface area contributed by atoms with Gasteiger partial charge in [0.1, 0.15) is 11.9 Å². The summed E-state index contributed by atoms with van der Waals surface area (Å²) in [5.41, 5.74) is 0.546. The quantitative estimate of drug-likeness (QED) is 0.880. The number of hydrogen-bond donors (Lipinski definition) is 1. The maximum Gasteiger partial charge on any atom is 0.409 e. The van der Waals surface area contributed by atoms with Gasteiger partial charge >= 0.3 is 6.09 Å². The Hall–Kier alpha value is -2.24. The van der Waals surface area contributed by atoms with Crippen LogP contribution in [-0.2, 0) is 4.74 Å². The van der Waals surface area contributed by atoms with Crippen LogP contribution in [-0.4, -0.2) is 50.3 Å². The van der Waals surface area contributed by atoms with Gasteiger partial charge < -0.3 is 19.7 Å². The standard InChI is InChI=1S/C14H18N2O4/c1-16-9-12(20-14(16)18)6-7-15-13(17)10-4-3-5-11(8-10)19-2/h3-5,8,12H,6-7,9H2,1-2H3,(H,15,17). The van der Waals surface area contributed by atoms with E-state index in [0.29, 0.717) is 30.8 Å². The third-order valence-corrected chi connectivity index (χ3v) is 3.14. The van der Waals surface area contributed by atoms with E-state index < -0.39 is 0 Å². The number of rotatable bonds is 5. The van der Waals surface area contributed by atoms with E-state index in [4.69, 9.17) is 9.47 Å². The number of carbonyl (C=O) groups excluding carboxylic acids is 2. The zero-order valence-electron chi connectivity index (χ0n) is 11.6. The van der Waals surface area contributed by atoms with Gasteiger partial charge in [0, 0.05) is 25.6 Å². The van der Waals surface area contributed by atoms with Crippen molar-refractivity contribution in [1.29, 1.82) is 0 Å². The fourth-order valence-corrected chi connectivity index (χ4v) is 2.01. The van der Waals surface area contributed by atoms with Crippen LogP contribution in [0.2, 0.25) is 0 Å². The first kappa shape index (κ1) is 14.2. The van der Waals surface area contributed by atoms with Crippen LogP contribution in [0, 0.1) is 0 Å². The van der Waals surface area contributed by atoms with E-state index in [0.717, 1.165) is 0 Å². The van der Waals surface area contributed by atoms with Crippen LogP contribution in [0.4, 0.5) is 4.79 Å². The van der Waals surface area contributed by atoms with E-state index in [1.54, 1.807) is 38.4 Å². The molecule has 2 amide bonds. The van der Waals surface area contributed by atoms with Crippen LogP contribution in [0.1, 0.15) is 16.8 Å². The Bertz CT molecular complexity index is 504. The Kier molecular flexibility index (Phi) is 4.45. The van der Waals surface area contributed by atoms with Crippen LogP contribution in [0.25, 0.3) is 0 Å². The molecule has 1 N–H and O–H groups in total. The van der Waals surface area contributed by atoms with Gasteiger partial charge in [0.05, 0.1) is 13.7 Å². The zero-order chi connectivity index (χ0) is 14.5. The fourth-order valence-electron chi connectivity index (χ4n) is 2.01. The summed E-state index contributed by atoms with van der Waals surface area (Å²) in [5, 5.41) is 2.80. The van der Waals surface area contributed by atoms with Gasteiger partial charge in [0.25, 0.3) is 5.91 Å². The van der Waals surface area contributed by atoms with Crippen LogP contribution < -0.4 is 10.1 Å². The highest BCUT2D eigenvalue weighted by Crippen LogP contribution is 2.13. The number of cyclic esters (lactones) is 1. The molecule has 6 heteroatoms. The number of amides is 2. The molecule has 0 radical (unpaired) electrons. The Morgan fingerprint density at radius 2 is 2.35 bits per heavy atom. The van der Waals surface area contributed by atoms with Crippen molar-refractivity contribution in [2.45, 2.75) is 12.5 Å². The second-order valence-corrected chi connectivity index (χ2v) is 4.66. The highest BCUT2D eigenvalue weighted by atomic mass is 16.6. The van der Waals surface area contributed by atoms with E-state index in [-0.39, 0.29) is 18.1 Å². The molecule has 0 spiro atoms. The normalized spacial score (nSPS) is 17.8. The topological polar surface area (TPSA) is 67.9 Å². The van der Waals surface area contributed by atoms with Gasteiger partial charge in [-0.05, 0) is 18.2 Å². The highest BCUT2D eigenvalue weighted by molar-refractivity contribution is 5.94. The van der Waals surface area contributed by atoms with Gasteiger partial charge in [-0.3, -0.25) is 4.79 Å². The number of ether oxygens (including phenoxy) is 2. The minimum Gasteiger partial charge on any atom is -0.497 e. The third kappa shape index (κ3) is 3.40. The van der Waals surface area contributed by atoms with Crippen molar-refractivity contribution in [3.63, 3.8) is 0 Å². The van der Waals surface area contributed by atoms with Crippen molar-refractivity contribution in [3.05, 3.63) is 29.8 Å². The van der Waals surface area contributed by atoms with E-state index in [2.05, 4.69) is 5.32 Å². The summed E-state index contributed by atoms with van der Waals surface area (Å²) < 4.78 is 10.2. The summed E-state index contributed by atoms with van der Waals surface area (Å²) in [6.45, 7) is 1.02. The lowest BCUT2D eigenvalue weighted by atomic mass is 10.2. The number of methoxy groups -OCH3 is 1. The maximum atomic E-state index is 11.9. The third-order valence-electron chi connectivity index (χ3n) is 3.14. The lowest BCUT2D eigenvalue weighted by Crippen LogP contribution is -2.28. The maximum absolute atomic E-state index is 11.9. The summed E-state index contributed by atoms with van der Waals surface area (Å²) >= 11 is 0. The number of nitrogens with zero attached hydrogens (tertiary/aromatic N) is 1. The molecule has 1 unspecified atom stereocenters. The molecule has 1 aromatic carbocycles. The molecule has 108 valence electrons. The Balaban J connectivity index is 1.79. The monoisotopic (exact) mass is 278 g/mol. The largest absolute Gasteiger partial charge is 0.497 e. The van der Waals surface area contributed by atoms with Crippen LogP contribution in [0.5, 0.6) is 5.75 Å². The first-order chi connectivity index (χ1) is 9.60. The molecule has 0 aliphatic carbocycles. The molecule has 0 saturated carbocycles. The number of benzene rings is 1. The van der Waals surface area contributed by atoms with Gasteiger partial charge in [-0.1, -0.05) is 6.07 Å². The van der Waals surface area contributed by atoms with Crippen molar-refractivity contribution in [3.8, 4) is 5.75 Å². The summed E-state index contributed by atoms with van der Waals surface area (Å²) in [6.07, 6.45) is 0.137. The smallest absolute Gasteiger partial charge is 0.409 e. The van der Waals surface area contributed by atoms with Gasteiger partial charge in [-0.25, -0.2) is 4.79 Å². The van der Waals surface area contributed by atoms with Crippen molar-refractivity contribution in [2.75, 3.05) is 27.2 Å². The molecule has 1 saturated heterocycles. The predicted octanol–water partition coefficient (Wildman–Crippen LogP) is 1.27. The van der Waals surface area contributed by atoms with E-state index in [9.17, 15) is 9.59 Å². The minimum atomic E-state index is -0.311. The lowest BCUT2D eigenvalue weighted by Gasteiger charge is -2.09. The summed E-state index contributed by atoms with van der Waals surface area (Å²) in [6, 6.07) is 6.95. The highest BCUT2D eigenvalue weighted by Gasteiger charge is 2.27. The molecule has 0 bridgehead atoms. The molecular weight excluding hydrogens is 260 g/mol. The first-order valence-corrected chi connectivity index (χ1v) is 6.44. The molecule has 1 aliphatic heterocycles. The van der Waals surface area contributed by atoms with Crippen molar-refractivity contribution < 1.29 is 19.1 Å². The molecule has 20 heavy (non-hydrogen) atoms. The number of carbonyl (C=O) groups is 2. The first-order valence-electron chi connectivity index (χ1n) is 6.44. The second-order valence-electron chi connectivity index (χ2n) is 4.66. The number of hydrogen-bond acceptors (Lipinski definition) is 4. The fraction of sp³-hybridized carbons (Fsp3) is 0.429. The van der Waals surface area contributed by atoms with E-state index >= 15 is 0 Å². The minimum absolute atomic E-state index is 0.155. The number of likely N-dealkylation sites (N-methyl/N-ethyl adjacent to an activating group) is 1. The molecule has 2 rings (SSSR count). The van der Waals surface area contributed by atoms with Crippen LogP contribution in [0.15, 0.2) is 24.3 Å². The average molecular weight is 278 g/mol. The molecule has 0 aromatic heterocycles. The van der Waals surface area contributed by atoms with Crippen LogP contribution >= 0.6 is 0 Å². The molecule has 1 aromatic rings. The molecule has 1 atom stereocenters. The molecule has 1 aliphatic rings. The average Bonchev–Trinajstić information content (AvgIpc) is 2.77. The van der Waals surface area contributed by atoms with E-state index in [1.165, 1.54) is 4.90 Å². The van der Waals surface area contributed by atoms with Crippen molar-refractivity contribution >= 4 is 12.0 Å². The Morgan fingerprint density at radius 1 is 1.55 bits per heavy atom. The van der Waals surface area contributed by atoms with Gasteiger partial charge in [0.2, 0.25) is 0 Å². The van der Waals surface area contributed by atoms with E-state index in [1.807, 2.05) is 0 Å². The summed E-state index contributed by atoms with van der Waals surface area (Å²) in [5.74, 6) is 0.477. The summed E-state index contributed by atoms with van der Waals surface area (Å²) in [4.78, 5) is 24.6. The SMILES string of the molecule is COc1cccc(C(=O)NCCC2CN(C)C(=O)O2)c1. The van der Waals surface area contributed by atoms with Crippen molar-refractivity contribution in [2.24, 2.45) is 0 Å². The molecular formula is C14H18N2O4. The second kappa shape index (κ2) is 6.27. The Morgan fingerprint density at radius 3 is 3.00 bits per heavy atom. The van der Waals surface area contributed by atoms with Crippen LogP contribution in [0.3, 0.4) is 0 Å². The van der Waals surface area contributed by atoms with Gasteiger partial charge in [0.15, 0.2) is 0 Å². The number of nitrogens with one attached hydrogen (secondary N) is 1. The Labute approximate surface area is 117 Å². The molecule has 1 heterocycles. The summed E-state index contributed by atoms with van der Waals surface area (Å²) in [7, 11) is 3.25. The zero-order valence-corrected chi connectivity index (χ0v) is 11.6. The molecule has 1 fully saturated rings. The predicted molar refractivity (Wildman–Crippen MR) is 72.8 cm³/mol.